The number of hydrogen-bond acceptors (Lipinski definition) is 1. The highest BCUT2D eigenvalue weighted by molar-refractivity contribution is 7.73. The molecule has 3 aromatic rings. The first-order valence-electron chi connectivity index (χ1n) is 12.6. The maximum absolute atomic E-state index is 15.4. The van der Waals surface area contributed by atoms with Crippen LogP contribution in [0, 0.1) is 0 Å². The van der Waals surface area contributed by atoms with Crippen LogP contribution < -0.4 is 5.30 Å². The van der Waals surface area contributed by atoms with Gasteiger partial charge in [-0.1, -0.05) is 117 Å². The molecule has 0 heterocycles. The summed E-state index contributed by atoms with van der Waals surface area (Å²) in [7, 11) is -2.54. The average molecular weight is 443 g/mol. The van der Waals surface area contributed by atoms with E-state index >= 15 is 4.57 Å². The highest BCUT2D eigenvalue weighted by Crippen LogP contribution is 2.63. The van der Waals surface area contributed by atoms with Crippen molar-refractivity contribution in [1.82, 2.24) is 0 Å². The Labute approximate surface area is 193 Å². The molecule has 0 amide bonds. The van der Waals surface area contributed by atoms with Crippen LogP contribution in [0.3, 0.4) is 0 Å². The van der Waals surface area contributed by atoms with Gasteiger partial charge < -0.3 is 4.57 Å². The van der Waals surface area contributed by atoms with Gasteiger partial charge in [0.25, 0.3) is 0 Å². The van der Waals surface area contributed by atoms with Crippen LogP contribution in [0.4, 0.5) is 0 Å². The summed E-state index contributed by atoms with van der Waals surface area (Å²) < 4.78 is 15.4. The van der Waals surface area contributed by atoms with Crippen LogP contribution in [-0.2, 0) is 4.57 Å². The van der Waals surface area contributed by atoms with E-state index in [9.17, 15) is 0 Å². The first-order valence-corrected chi connectivity index (χ1v) is 14.5. The van der Waals surface area contributed by atoms with E-state index in [1.807, 2.05) is 0 Å². The van der Waals surface area contributed by atoms with Gasteiger partial charge in [0.05, 0.1) is 0 Å². The summed E-state index contributed by atoms with van der Waals surface area (Å²) in [4.78, 5) is 0. The van der Waals surface area contributed by atoms with Crippen molar-refractivity contribution in [2.24, 2.45) is 0 Å². The molecule has 2 aliphatic carbocycles. The number of rotatable bonds is 5. The molecule has 0 N–H and O–H groups in total. The Hall–Kier alpha value is -2.11. The minimum atomic E-state index is -2.54. The molecular weight excluding hydrogens is 407 g/mol. The van der Waals surface area contributed by atoms with Gasteiger partial charge in [-0.25, -0.2) is 0 Å². The minimum Gasteiger partial charge on any atom is -0.318 e. The molecule has 0 spiro atoms. The third-order valence-corrected chi connectivity index (χ3v) is 12.2. The van der Waals surface area contributed by atoms with Crippen LogP contribution in [0.2, 0.25) is 0 Å². The third-order valence-electron chi connectivity index (χ3n) is 7.82. The predicted octanol–water partition coefficient (Wildman–Crippen LogP) is 8.67. The highest BCUT2D eigenvalue weighted by atomic mass is 31.2. The molecule has 2 aliphatic rings. The Morgan fingerprint density at radius 3 is 1.56 bits per heavy atom. The van der Waals surface area contributed by atoms with E-state index in [4.69, 9.17) is 0 Å². The summed E-state index contributed by atoms with van der Waals surface area (Å²) in [6, 6.07) is 28.1. The summed E-state index contributed by atoms with van der Waals surface area (Å²) in [5.41, 5.74) is 5.61. The molecule has 2 saturated carbocycles. The monoisotopic (exact) mass is 442 g/mol. The van der Waals surface area contributed by atoms with Crippen LogP contribution in [-0.4, -0.2) is 11.3 Å². The Morgan fingerprint density at radius 1 is 0.500 bits per heavy atom. The van der Waals surface area contributed by atoms with Gasteiger partial charge in [0.15, 0.2) is 0 Å². The van der Waals surface area contributed by atoms with Gasteiger partial charge in [-0.3, -0.25) is 0 Å². The molecule has 3 aromatic carbocycles. The lowest BCUT2D eigenvalue weighted by Gasteiger charge is -2.39. The summed E-state index contributed by atoms with van der Waals surface area (Å²) in [6.07, 6.45) is 12.1. The van der Waals surface area contributed by atoms with E-state index in [1.54, 1.807) is 0 Å². The van der Waals surface area contributed by atoms with E-state index in [2.05, 4.69) is 78.9 Å². The van der Waals surface area contributed by atoms with Crippen LogP contribution in [0.1, 0.15) is 64.2 Å². The van der Waals surface area contributed by atoms with Crippen LogP contribution >= 0.6 is 7.14 Å². The molecule has 2 heteroatoms. The van der Waals surface area contributed by atoms with E-state index in [0.29, 0.717) is 11.3 Å². The lowest BCUT2D eigenvalue weighted by atomic mass is 9.94. The molecule has 2 fully saturated rings. The molecule has 1 nitrogen and oxygen atoms in total. The van der Waals surface area contributed by atoms with Crippen molar-refractivity contribution >= 4 is 12.4 Å². The molecule has 0 atom stereocenters. The Balaban J connectivity index is 1.68. The first-order chi connectivity index (χ1) is 15.8. The normalized spacial score (nSPS) is 18.5. The molecule has 0 aromatic heterocycles. The third kappa shape index (κ3) is 4.13. The van der Waals surface area contributed by atoms with E-state index < -0.39 is 7.14 Å². The smallest absolute Gasteiger partial charge is 0.122 e. The maximum Gasteiger partial charge on any atom is 0.122 e. The van der Waals surface area contributed by atoms with E-state index in [1.165, 1.54) is 66.1 Å². The predicted molar refractivity (Wildman–Crippen MR) is 138 cm³/mol. The van der Waals surface area contributed by atoms with Crippen molar-refractivity contribution < 1.29 is 4.57 Å². The Morgan fingerprint density at radius 2 is 0.969 bits per heavy atom. The van der Waals surface area contributed by atoms with Gasteiger partial charge in [-0.05, 0) is 47.9 Å². The largest absolute Gasteiger partial charge is 0.318 e. The zero-order valence-electron chi connectivity index (χ0n) is 19.1. The van der Waals surface area contributed by atoms with Gasteiger partial charge in [0.2, 0.25) is 0 Å². The highest BCUT2D eigenvalue weighted by Gasteiger charge is 2.43. The van der Waals surface area contributed by atoms with Gasteiger partial charge in [-0.15, -0.1) is 0 Å². The van der Waals surface area contributed by atoms with E-state index in [0.717, 1.165) is 25.7 Å². The number of benzene rings is 3. The molecule has 0 radical (unpaired) electrons. The fourth-order valence-corrected chi connectivity index (χ4v) is 10.8. The molecular formula is C30H35OP. The summed E-state index contributed by atoms with van der Waals surface area (Å²) in [6.45, 7) is 0. The van der Waals surface area contributed by atoms with Crippen molar-refractivity contribution in [2.45, 2.75) is 75.5 Å². The van der Waals surface area contributed by atoms with Crippen molar-refractivity contribution in [3.63, 3.8) is 0 Å². The molecule has 166 valence electrons. The topological polar surface area (TPSA) is 17.1 Å². The fourth-order valence-electron chi connectivity index (χ4n) is 6.21. The van der Waals surface area contributed by atoms with Crippen LogP contribution in [0.5, 0.6) is 0 Å². The average Bonchev–Trinajstić information content (AvgIpc) is 2.90. The van der Waals surface area contributed by atoms with Gasteiger partial charge in [-0.2, -0.15) is 0 Å². The summed E-state index contributed by atoms with van der Waals surface area (Å²) in [5, 5.41) is 1.17. The van der Waals surface area contributed by atoms with Gasteiger partial charge in [0.1, 0.15) is 7.14 Å². The summed E-state index contributed by atoms with van der Waals surface area (Å²) >= 11 is 0. The second-order valence-corrected chi connectivity index (χ2v) is 13.1. The second kappa shape index (κ2) is 9.80. The minimum absolute atomic E-state index is 0.365. The molecule has 0 bridgehead atoms. The maximum atomic E-state index is 15.4. The lowest BCUT2D eigenvalue weighted by Crippen LogP contribution is -2.30. The summed E-state index contributed by atoms with van der Waals surface area (Å²) in [5.74, 6) is 0. The zero-order valence-corrected chi connectivity index (χ0v) is 20.0. The molecule has 0 saturated heterocycles. The first kappa shape index (κ1) is 21.7. The van der Waals surface area contributed by atoms with Crippen molar-refractivity contribution in [3.05, 3.63) is 78.9 Å². The zero-order chi connectivity index (χ0) is 21.8. The van der Waals surface area contributed by atoms with E-state index in [-0.39, 0.29) is 0 Å². The van der Waals surface area contributed by atoms with Crippen LogP contribution in [0.25, 0.3) is 22.3 Å². The van der Waals surface area contributed by atoms with Crippen molar-refractivity contribution in [2.75, 3.05) is 0 Å². The molecule has 32 heavy (non-hydrogen) atoms. The quantitative estimate of drug-likeness (QED) is 0.361. The number of hydrogen-bond donors (Lipinski definition) is 0. The molecule has 5 rings (SSSR count). The molecule has 0 unspecified atom stereocenters. The standard InChI is InChI=1S/C30H35OP/c31-32(25-16-6-2-7-17-25,26-18-8-3-9-19-26)30-23-13-12-22-29(30)28-21-11-10-20-27(28)24-14-4-1-5-15-24/h1,4-5,10-15,20-23,25-26H,2-3,6-9,16-19H2. The lowest BCUT2D eigenvalue weighted by molar-refractivity contribution is 0.453. The Bertz CT molecular complexity index is 1050. The van der Waals surface area contributed by atoms with Gasteiger partial charge in [0, 0.05) is 16.6 Å². The van der Waals surface area contributed by atoms with Gasteiger partial charge >= 0.3 is 0 Å². The SMILES string of the molecule is O=P(c1ccccc1-c1ccccc1-c1ccccc1)(C1CCCCC1)C1CCCCC1. The molecule has 0 aliphatic heterocycles. The van der Waals surface area contributed by atoms with Crippen molar-refractivity contribution in [3.8, 4) is 22.3 Å². The Kier molecular flexibility index (Phi) is 6.65. The second-order valence-electron chi connectivity index (χ2n) is 9.72. The fraction of sp³-hybridized carbons (Fsp3) is 0.400. The van der Waals surface area contributed by atoms with Crippen LogP contribution in [0.15, 0.2) is 78.9 Å². The van der Waals surface area contributed by atoms with Crippen molar-refractivity contribution in [1.29, 1.82) is 0 Å².